The Morgan fingerprint density at radius 2 is 1.92 bits per heavy atom. The predicted molar refractivity (Wildman–Crippen MR) is 103 cm³/mol. The van der Waals surface area contributed by atoms with Crippen LogP contribution in [-0.4, -0.2) is 67.6 Å². The van der Waals surface area contributed by atoms with Gasteiger partial charge in [-0.3, -0.25) is 9.69 Å². The van der Waals surface area contributed by atoms with Gasteiger partial charge in [-0.2, -0.15) is 0 Å². The summed E-state index contributed by atoms with van der Waals surface area (Å²) < 4.78 is 5.30. The lowest BCUT2D eigenvalue weighted by molar-refractivity contribution is -0.123. The van der Waals surface area contributed by atoms with Gasteiger partial charge in [0.25, 0.3) is 0 Å². The van der Waals surface area contributed by atoms with Crippen LogP contribution in [0.15, 0.2) is 18.2 Å². The third-order valence-electron chi connectivity index (χ3n) is 4.64. The van der Waals surface area contributed by atoms with E-state index in [1.165, 1.54) is 0 Å². The molecule has 0 bridgehead atoms. The quantitative estimate of drug-likeness (QED) is 0.812. The van der Waals surface area contributed by atoms with E-state index in [0.29, 0.717) is 44.2 Å². The zero-order valence-electron chi connectivity index (χ0n) is 16.2. The molecule has 1 fully saturated rings. The van der Waals surface area contributed by atoms with Crippen LogP contribution >= 0.6 is 0 Å². The maximum atomic E-state index is 12.5. The molecule has 1 unspecified atom stereocenters. The highest BCUT2D eigenvalue weighted by molar-refractivity contribution is 5.91. The summed E-state index contributed by atoms with van der Waals surface area (Å²) in [6, 6.07) is 5.74. The molecule has 144 valence electrons. The largest absolute Gasteiger partial charge is 0.495 e. The molecular weight excluding hydrogens is 332 g/mol. The van der Waals surface area contributed by atoms with Crippen molar-refractivity contribution in [2.45, 2.75) is 33.2 Å². The number of carbonyl (C=O) groups is 2. The lowest BCUT2D eigenvalue weighted by Crippen LogP contribution is -2.52. The second-order valence-electron chi connectivity index (χ2n) is 6.77. The Balaban J connectivity index is 1.83. The summed E-state index contributed by atoms with van der Waals surface area (Å²) in [5.74, 6) is 0.686. The lowest BCUT2D eigenvalue weighted by Gasteiger charge is -2.34. The van der Waals surface area contributed by atoms with Crippen molar-refractivity contribution in [1.29, 1.82) is 0 Å². The summed E-state index contributed by atoms with van der Waals surface area (Å²) in [6.07, 6.45) is 0.919. The molecule has 7 heteroatoms. The average Bonchev–Trinajstić information content (AvgIpc) is 2.62. The van der Waals surface area contributed by atoms with Crippen molar-refractivity contribution in [2.75, 3.05) is 45.2 Å². The molecule has 0 aromatic heterocycles. The van der Waals surface area contributed by atoms with Crippen LogP contribution in [0.25, 0.3) is 0 Å². The van der Waals surface area contributed by atoms with Crippen LogP contribution in [-0.2, 0) is 4.79 Å². The first-order valence-electron chi connectivity index (χ1n) is 9.15. The number of ether oxygens (including phenoxy) is 1. The monoisotopic (exact) mass is 362 g/mol. The number of aryl methyl sites for hydroxylation is 1. The minimum atomic E-state index is -0.141. The Morgan fingerprint density at radius 3 is 2.54 bits per heavy atom. The molecule has 7 nitrogen and oxygen atoms in total. The van der Waals surface area contributed by atoms with E-state index in [9.17, 15) is 9.59 Å². The molecule has 1 atom stereocenters. The Hall–Kier alpha value is -2.28. The number of nitrogens with one attached hydrogen (secondary N) is 2. The molecule has 0 saturated carbocycles. The van der Waals surface area contributed by atoms with E-state index in [2.05, 4.69) is 15.5 Å². The highest BCUT2D eigenvalue weighted by Gasteiger charge is 2.23. The molecule has 2 N–H and O–H groups in total. The fraction of sp³-hybridized carbons (Fsp3) is 0.579. The van der Waals surface area contributed by atoms with E-state index in [1.807, 2.05) is 39.0 Å². The van der Waals surface area contributed by atoms with Crippen LogP contribution in [0.2, 0.25) is 0 Å². The molecule has 1 saturated heterocycles. The van der Waals surface area contributed by atoms with Crippen LogP contribution in [0.1, 0.15) is 25.8 Å². The van der Waals surface area contributed by atoms with Crippen LogP contribution < -0.4 is 15.4 Å². The smallest absolute Gasteiger partial charge is 0.322 e. The minimum Gasteiger partial charge on any atom is -0.495 e. The number of urea groups is 1. The van der Waals surface area contributed by atoms with Gasteiger partial charge in [0.2, 0.25) is 5.91 Å². The van der Waals surface area contributed by atoms with Crippen molar-refractivity contribution in [3.8, 4) is 5.75 Å². The van der Waals surface area contributed by atoms with Crippen molar-refractivity contribution in [3.05, 3.63) is 23.8 Å². The zero-order valence-corrected chi connectivity index (χ0v) is 16.2. The summed E-state index contributed by atoms with van der Waals surface area (Å²) >= 11 is 0. The highest BCUT2D eigenvalue weighted by atomic mass is 16.5. The topological polar surface area (TPSA) is 73.9 Å². The van der Waals surface area contributed by atoms with Gasteiger partial charge < -0.3 is 20.3 Å². The van der Waals surface area contributed by atoms with Gasteiger partial charge in [0.05, 0.1) is 19.3 Å². The van der Waals surface area contributed by atoms with Gasteiger partial charge in [-0.05, 0) is 38.0 Å². The fourth-order valence-corrected chi connectivity index (χ4v) is 2.85. The number of hydrogen-bond donors (Lipinski definition) is 2. The molecule has 0 radical (unpaired) electrons. The summed E-state index contributed by atoms with van der Waals surface area (Å²) in [5, 5.41) is 5.90. The van der Waals surface area contributed by atoms with Crippen molar-refractivity contribution in [2.24, 2.45) is 0 Å². The van der Waals surface area contributed by atoms with E-state index >= 15 is 0 Å². The number of piperazine rings is 1. The molecule has 1 aromatic carbocycles. The number of benzene rings is 1. The first-order chi connectivity index (χ1) is 12.4. The Morgan fingerprint density at radius 1 is 1.23 bits per heavy atom. The SMILES string of the molecule is CCC(C)NC(=O)CN1CCN(C(=O)Nc2cc(C)ccc2OC)CC1. The van der Waals surface area contributed by atoms with Gasteiger partial charge in [0, 0.05) is 32.2 Å². The van der Waals surface area contributed by atoms with Crippen LogP contribution in [0.4, 0.5) is 10.5 Å². The van der Waals surface area contributed by atoms with Gasteiger partial charge in [-0.1, -0.05) is 13.0 Å². The maximum Gasteiger partial charge on any atom is 0.322 e. The predicted octanol–water partition coefficient (Wildman–Crippen LogP) is 2.07. The number of hydrogen-bond acceptors (Lipinski definition) is 4. The zero-order chi connectivity index (χ0) is 19.1. The van der Waals surface area contributed by atoms with Crippen molar-refractivity contribution in [1.82, 2.24) is 15.1 Å². The second kappa shape index (κ2) is 9.43. The number of nitrogens with zero attached hydrogens (tertiary/aromatic N) is 2. The van der Waals surface area contributed by atoms with Crippen LogP contribution in [0.5, 0.6) is 5.75 Å². The summed E-state index contributed by atoms with van der Waals surface area (Å²) in [6.45, 7) is 8.96. The van der Waals surface area contributed by atoms with Crippen molar-refractivity contribution < 1.29 is 14.3 Å². The molecule has 0 aliphatic carbocycles. The summed E-state index contributed by atoms with van der Waals surface area (Å²) in [4.78, 5) is 28.3. The van der Waals surface area contributed by atoms with Gasteiger partial charge in [0.15, 0.2) is 0 Å². The van der Waals surface area contributed by atoms with E-state index in [-0.39, 0.29) is 18.0 Å². The van der Waals surface area contributed by atoms with E-state index in [1.54, 1.807) is 12.0 Å². The third-order valence-corrected chi connectivity index (χ3v) is 4.64. The molecular formula is C19H30N4O3. The fourth-order valence-electron chi connectivity index (χ4n) is 2.85. The molecule has 26 heavy (non-hydrogen) atoms. The summed E-state index contributed by atoms with van der Waals surface area (Å²) in [5.41, 5.74) is 1.73. The molecule has 3 amide bonds. The standard InChI is InChI=1S/C19H30N4O3/c1-5-15(3)20-18(24)13-22-8-10-23(11-9-22)19(25)21-16-12-14(2)6-7-17(16)26-4/h6-7,12,15H,5,8-11,13H2,1-4H3,(H,20,24)(H,21,25). The Bertz CT molecular complexity index is 627. The third kappa shape index (κ3) is 5.62. The van der Waals surface area contributed by atoms with Gasteiger partial charge >= 0.3 is 6.03 Å². The van der Waals surface area contributed by atoms with Crippen LogP contribution in [0.3, 0.4) is 0 Å². The molecule has 2 rings (SSSR count). The molecule has 1 aliphatic rings. The van der Waals surface area contributed by atoms with E-state index in [4.69, 9.17) is 4.74 Å². The van der Waals surface area contributed by atoms with Crippen molar-refractivity contribution >= 4 is 17.6 Å². The minimum absolute atomic E-state index is 0.0433. The summed E-state index contributed by atoms with van der Waals surface area (Å²) in [7, 11) is 1.59. The molecule has 1 aromatic rings. The maximum absolute atomic E-state index is 12.5. The van der Waals surface area contributed by atoms with Gasteiger partial charge in [0.1, 0.15) is 5.75 Å². The van der Waals surface area contributed by atoms with Gasteiger partial charge in [-0.25, -0.2) is 4.79 Å². The Kier molecular flexibility index (Phi) is 7.26. The molecule has 1 heterocycles. The van der Waals surface area contributed by atoms with Gasteiger partial charge in [-0.15, -0.1) is 0 Å². The first kappa shape index (κ1) is 20.0. The highest BCUT2D eigenvalue weighted by Crippen LogP contribution is 2.25. The first-order valence-corrected chi connectivity index (χ1v) is 9.15. The second-order valence-corrected chi connectivity index (χ2v) is 6.77. The molecule has 1 aliphatic heterocycles. The number of rotatable bonds is 6. The number of methoxy groups -OCH3 is 1. The van der Waals surface area contributed by atoms with E-state index in [0.717, 1.165) is 12.0 Å². The molecule has 0 spiro atoms. The average molecular weight is 362 g/mol. The van der Waals surface area contributed by atoms with Crippen LogP contribution in [0, 0.1) is 6.92 Å². The number of carbonyl (C=O) groups excluding carboxylic acids is 2. The van der Waals surface area contributed by atoms with Crippen molar-refractivity contribution in [3.63, 3.8) is 0 Å². The Labute approximate surface area is 155 Å². The van der Waals surface area contributed by atoms with E-state index < -0.39 is 0 Å². The number of amides is 3. The lowest BCUT2D eigenvalue weighted by atomic mass is 10.2. The normalized spacial score (nSPS) is 16.1. The number of anilines is 1.